The van der Waals surface area contributed by atoms with Gasteiger partial charge in [0.2, 0.25) is 5.75 Å². The highest BCUT2D eigenvalue weighted by atomic mass is 28.4. The molecule has 7 nitrogen and oxygen atoms in total. The van der Waals surface area contributed by atoms with Crippen molar-refractivity contribution in [3.05, 3.63) is 51.6 Å². The van der Waals surface area contributed by atoms with Gasteiger partial charge in [0.05, 0.1) is 26.3 Å². The molecule has 0 aliphatic rings. The number of hydrogen-bond acceptors (Lipinski definition) is 6. The molecule has 31 heavy (non-hydrogen) atoms. The molecule has 0 aliphatic heterocycles. The first-order chi connectivity index (χ1) is 14.4. The summed E-state index contributed by atoms with van der Waals surface area (Å²) in [6.45, 7) is 10.8. The van der Waals surface area contributed by atoms with Crippen molar-refractivity contribution in [2.45, 2.75) is 38.9 Å². The summed E-state index contributed by atoms with van der Waals surface area (Å²) in [6, 6.07) is 8.56. The fourth-order valence-corrected chi connectivity index (χ4v) is 3.70. The van der Waals surface area contributed by atoms with Gasteiger partial charge < -0.3 is 18.6 Å². The van der Waals surface area contributed by atoms with Crippen LogP contribution in [0.1, 0.15) is 31.9 Å². The molecule has 0 heterocycles. The van der Waals surface area contributed by atoms with Crippen molar-refractivity contribution < 1.29 is 23.6 Å². The number of rotatable bonds is 8. The van der Waals surface area contributed by atoms with Crippen LogP contribution >= 0.6 is 0 Å². The zero-order chi connectivity index (χ0) is 23.4. The molecule has 0 radical (unpaired) electrons. The Morgan fingerprint density at radius 2 is 1.45 bits per heavy atom. The third-order valence-electron chi connectivity index (χ3n) is 5.51. The smallest absolute Gasteiger partial charge is 0.311 e. The largest absolute Gasteiger partial charge is 0.541 e. The van der Waals surface area contributed by atoms with Gasteiger partial charge in [-0.15, -0.1) is 0 Å². The van der Waals surface area contributed by atoms with Crippen molar-refractivity contribution in [1.29, 1.82) is 0 Å². The Labute approximate surface area is 184 Å². The molecule has 2 aromatic rings. The maximum atomic E-state index is 11.3. The van der Waals surface area contributed by atoms with Crippen molar-refractivity contribution >= 4 is 26.2 Å². The van der Waals surface area contributed by atoms with Gasteiger partial charge in [-0.25, -0.2) is 0 Å². The minimum atomic E-state index is -2.12. The molecule has 2 rings (SSSR count). The summed E-state index contributed by atoms with van der Waals surface area (Å²) < 4.78 is 22.7. The molecule has 0 amide bonds. The summed E-state index contributed by atoms with van der Waals surface area (Å²) in [5, 5.41) is 11.3. The Hall–Kier alpha value is -3.00. The fraction of sp³-hybridized carbons (Fsp3) is 0.391. The first-order valence-corrected chi connectivity index (χ1v) is 12.8. The lowest BCUT2D eigenvalue weighted by Gasteiger charge is -2.37. The van der Waals surface area contributed by atoms with Gasteiger partial charge in [-0.1, -0.05) is 39.0 Å². The van der Waals surface area contributed by atoms with Gasteiger partial charge in [0.15, 0.2) is 17.2 Å². The number of ether oxygens (including phenoxy) is 3. The topological polar surface area (TPSA) is 80.1 Å². The molecule has 0 saturated heterocycles. The molecule has 0 spiro atoms. The molecule has 0 fully saturated rings. The maximum Gasteiger partial charge on any atom is 0.311 e. The lowest BCUT2D eigenvalue weighted by atomic mass is 10.1. The number of hydrogen-bond donors (Lipinski definition) is 0. The second kappa shape index (κ2) is 9.43. The van der Waals surface area contributed by atoms with Crippen molar-refractivity contribution in [3.63, 3.8) is 0 Å². The molecule has 0 unspecified atom stereocenters. The monoisotopic (exact) mass is 445 g/mol. The van der Waals surface area contributed by atoms with E-state index in [2.05, 4.69) is 33.9 Å². The normalized spacial score (nSPS) is 12.0. The Morgan fingerprint density at radius 1 is 0.871 bits per heavy atom. The van der Waals surface area contributed by atoms with E-state index in [4.69, 9.17) is 18.6 Å². The lowest BCUT2D eigenvalue weighted by Crippen LogP contribution is -2.43. The number of nitrogens with zero attached hydrogens (tertiary/aromatic N) is 1. The number of benzene rings is 2. The minimum absolute atomic E-state index is 0.0130. The SMILES string of the molecule is COc1ccc(/C=C\c2cc(OC)c(OC)c(O[Si](C)(C)C(C)(C)C)c2)cc1[N+](=O)[O-]. The third-order valence-corrected chi connectivity index (χ3v) is 9.85. The van der Waals surface area contributed by atoms with Crippen LogP contribution in [0.4, 0.5) is 5.69 Å². The Balaban J connectivity index is 2.48. The van der Waals surface area contributed by atoms with Crippen LogP contribution in [0.3, 0.4) is 0 Å². The summed E-state index contributed by atoms with van der Waals surface area (Å²) >= 11 is 0. The van der Waals surface area contributed by atoms with E-state index in [1.54, 1.807) is 32.4 Å². The van der Waals surface area contributed by atoms with Crippen LogP contribution in [0.5, 0.6) is 23.0 Å². The van der Waals surface area contributed by atoms with Gasteiger partial charge in [-0.2, -0.15) is 0 Å². The van der Waals surface area contributed by atoms with Gasteiger partial charge in [0.1, 0.15) is 0 Å². The maximum absolute atomic E-state index is 11.3. The van der Waals surface area contributed by atoms with Crippen molar-refractivity contribution in [3.8, 4) is 23.0 Å². The molecule has 0 aliphatic carbocycles. The highest BCUT2D eigenvalue weighted by Gasteiger charge is 2.39. The molecule has 0 atom stereocenters. The predicted molar refractivity (Wildman–Crippen MR) is 126 cm³/mol. The molecule has 0 N–H and O–H groups in total. The summed E-state index contributed by atoms with van der Waals surface area (Å²) in [5.74, 6) is 1.94. The van der Waals surface area contributed by atoms with Crippen LogP contribution in [0.15, 0.2) is 30.3 Å². The van der Waals surface area contributed by atoms with E-state index >= 15 is 0 Å². The molecule has 168 valence electrons. The van der Waals surface area contributed by atoms with Crippen LogP contribution < -0.4 is 18.6 Å². The van der Waals surface area contributed by atoms with E-state index in [1.165, 1.54) is 13.2 Å². The van der Waals surface area contributed by atoms with E-state index in [1.807, 2.05) is 18.2 Å². The van der Waals surface area contributed by atoms with E-state index in [0.717, 1.165) is 5.56 Å². The highest BCUT2D eigenvalue weighted by molar-refractivity contribution is 6.74. The summed E-state index contributed by atoms with van der Waals surface area (Å²) in [6.07, 6.45) is 3.65. The van der Waals surface area contributed by atoms with Gasteiger partial charge in [-0.3, -0.25) is 10.1 Å². The standard InChI is InChI=1S/C23H31NO6Si/c1-23(2,3)31(7,8)30-21-15-17(14-20(28-5)22(21)29-6)10-9-16-11-12-19(27-4)18(13-16)24(25)26/h9-15H,1-8H3/b10-9-. The third kappa shape index (κ3) is 5.58. The zero-order valence-electron chi connectivity index (χ0n) is 19.4. The number of nitro groups is 1. The van der Waals surface area contributed by atoms with E-state index in [0.29, 0.717) is 22.8 Å². The molecule has 0 aromatic heterocycles. The number of nitro benzene ring substituents is 1. The van der Waals surface area contributed by atoms with Crippen LogP contribution in [-0.2, 0) is 0 Å². The van der Waals surface area contributed by atoms with Crippen LogP contribution in [0.2, 0.25) is 18.1 Å². The minimum Gasteiger partial charge on any atom is -0.541 e. The summed E-state index contributed by atoms with van der Waals surface area (Å²) in [4.78, 5) is 10.8. The second-order valence-corrected chi connectivity index (χ2v) is 13.4. The van der Waals surface area contributed by atoms with Crippen molar-refractivity contribution in [1.82, 2.24) is 0 Å². The molecular formula is C23H31NO6Si. The van der Waals surface area contributed by atoms with Gasteiger partial charge >= 0.3 is 5.69 Å². The lowest BCUT2D eigenvalue weighted by molar-refractivity contribution is -0.385. The summed E-state index contributed by atoms with van der Waals surface area (Å²) in [7, 11) is 2.45. The van der Waals surface area contributed by atoms with Crippen LogP contribution in [0, 0.1) is 10.1 Å². The van der Waals surface area contributed by atoms with E-state index < -0.39 is 13.2 Å². The van der Waals surface area contributed by atoms with Crippen molar-refractivity contribution in [2.24, 2.45) is 0 Å². The molecule has 0 saturated carbocycles. The van der Waals surface area contributed by atoms with Gasteiger partial charge in [0, 0.05) is 6.07 Å². The average molecular weight is 446 g/mol. The predicted octanol–water partition coefficient (Wildman–Crippen LogP) is 6.18. The highest BCUT2D eigenvalue weighted by Crippen LogP contribution is 2.44. The average Bonchev–Trinajstić information content (AvgIpc) is 2.70. The van der Waals surface area contributed by atoms with E-state index in [-0.39, 0.29) is 16.5 Å². The Kier molecular flexibility index (Phi) is 7.38. The van der Waals surface area contributed by atoms with Crippen LogP contribution in [-0.4, -0.2) is 34.6 Å². The van der Waals surface area contributed by atoms with Gasteiger partial charge in [-0.05, 0) is 47.5 Å². The molecule has 8 heteroatoms. The first kappa shape index (κ1) is 24.3. The van der Waals surface area contributed by atoms with E-state index in [9.17, 15) is 10.1 Å². The Morgan fingerprint density at radius 3 is 1.97 bits per heavy atom. The zero-order valence-corrected chi connectivity index (χ0v) is 20.4. The molecular weight excluding hydrogens is 414 g/mol. The van der Waals surface area contributed by atoms with Crippen LogP contribution in [0.25, 0.3) is 12.2 Å². The quantitative estimate of drug-likeness (QED) is 0.209. The Bertz CT molecular complexity index is 979. The van der Waals surface area contributed by atoms with Crippen molar-refractivity contribution in [2.75, 3.05) is 21.3 Å². The second-order valence-electron chi connectivity index (χ2n) is 8.64. The van der Waals surface area contributed by atoms with Gasteiger partial charge in [0.25, 0.3) is 8.32 Å². The first-order valence-electron chi connectivity index (χ1n) is 9.89. The molecule has 0 bridgehead atoms. The fourth-order valence-electron chi connectivity index (χ4n) is 2.70. The molecule has 2 aromatic carbocycles. The number of methoxy groups -OCH3 is 3. The summed E-state index contributed by atoms with van der Waals surface area (Å²) in [5.41, 5.74) is 1.41.